The van der Waals surface area contributed by atoms with Crippen LogP contribution in [0, 0.1) is 0 Å². The lowest BCUT2D eigenvalue weighted by Crippen LogP contribution is -2.50. The topological polar surface area (TPSA) is 122 Å². The van der Waals surface area contributed by atoms with Crippen molar-refractivity contribution in [3.8, 4) is 5.69 Å². The van der Waals surface area contributed by atoms with Crippen LogP contribution >= 0.6 is 0 Å². The highest BCUT2D eigenvalue weighted by Crippen LogP contribution is 2.29. The van der Waals surface area contributed by atoms with Gasteiger partial charge in [-0.1, -0.05) is 18.2 Å². The van der Waals surface area contributed by atoms with Crippen molar-refractivity contribution in [2.24, 2.45) is 0 Å². The summed E-state index contributed by atoms with van der Waals surface area (Å²) in [5.74, 6) is 0.320. The average molecular weight is 618 g/mol. The van der Waals surface area contributed by atoms with E-state index in [4.69, 9.17) is 4.74 Å². The number of nitrogens with zero attached hydrogens (tertiary/aromatic N) is 5. The van der Waals surface area contributed by atoms with Gasteiger partial charge in [-0.15, -0.1) is 0 Å². The SMILES string of the molecule is CC(C)(C)OC(=O)N1CCN(c2cc3c(Nc4ccc(NC(=O)c5cccn(-c6ccccc6)c5=O)cc4)ccnc3cn2)CC1. The van der Waals surface area contributed by atoms with Crippen LogP contribution in [0.1, 0.15) is 31.1 Å². The zero-order valence-electron chi connectivity index (χ0n) is 25.9. The molecule has 0 bridgehead atoms. The molecule has 2 aromatic carbocycles. The molecule has 2 N–H and O–H groups in total. The molecule has 1 aliphatic heterocycles. The average Bonchev–Trinajstić information content (AvgIpc) is 3.05. The number of anilines is 4. The normalized spacial score (nSPS) is 13.4. The molecule has 5 aromatic rings. The monoisotopic (exact) mass is 617 g/mol. The van der Waals surface area contributed by atoms with Crippen LogP contribution in [0.25, 0.3) is 16.6 Å². The number of carbonyl (C=O) groups is 2. The number of carbonyl (C=O) groups excluding carboxylic acids is 2. The smallest absolute Gasteiger partial charge is 0.410 e. The third kappa shape index (κ3) is 6.83. The molecule has 234 valence electrons. The van der Waals surface area contributed by atoms with Crippen molar-refractivity contribution in [2.45, 2.75) is 26.4 Å². The van der Waals surface area contributed by atoms with Crippen LogP contribution in [0.4, 0.5) is 27.7 Å². The summed E-state index contributed by atoms with van der Waals surface area (Å²) >= 11 is 0. The number of para-hydroxylation sites is 1. The highest BCUT2D eigenvalue weighted by molar-refractivity contribution is 6.04. The third-order valence-electron chi connectivity index (χ3n) is 7.52. The van der Waals surface area contributed by atoms with Crippen molar-refractivity contribution in [2.75, 3.05) is 41.7 Å². The molecule has 0 spiro atoms. The summed E-state index contributed by atoms with van der Waals surface area (Å²) in [6.45, 7) is 7.95. The second kappa shape index (κ2) is 12.7. The summed E-state index contributed by atoms with van der Waals surface area (Å²) in [6, 6.07) is 23.5. The first-order valence-corrected chi connectivity index (χ1v) is 15.1. The third-order valence-corrected chi connectivity index (χ3v) is 7.52. The minimum Gasteiger partial charge on any atom is -0.444 e. The Kier molecular flexibility index (Phi) is 8.39. The van der Waals surface area contributed by atoms with Crippen molar-refractivity contribution in [3.05, 3.63) is 113 Å². The van der Waals surface area contributed by atoms with Crippen LogP contribution < -0.4 is 21.1 Å². The second-order valence-corrected chi connectivity index (χ2v) is 12.0. The Labute approximate surface area is 266 Å². The van der Waals surface area contributed by atoms with Gasteiger partial charge in [-0.2, -0.15) is 0 Å². The summed E-state index contributed by atoms with van der Waals surface area (Å²) in [5.41, 5.74) is 2.76. The van der Waals surface area contributed by atoms with E-state index in [1.165, 1.54) is 10.6 Å². The quantitative estimate of drug-likeness (QED) is 0.244. The lowest BCUT2D eigenvalue weighted by Gasteiger charge is -2.36. The zero-order valence-corrected chi connectivity index (χ0v) is 25.9. The van der Waals surface area contributed by atoms with Crippen molar-refractivity contribution >= 4 is 45.8 Å². The van der Waals surface area contributed by atoms with Gasteiger partial charge < -0.3 is 25.2 Å². The number of piperazine rings is 1. The van der Waals surface area contributed by atoms with Gasteiger partial charge in [0.15, 0.2) is 0 Å². The maximum Gasteiger partial charge on any atom is 0.410 e. The Bertz CT molecular complexity index is 1930. The number of rotatable bonds is 6. The van der Waals surface area contributed by atoms with E-state index >= 15 is 0 Å². The Morgan fingerprint density at radius 3 is 2.28 bits per heavy atom. The molecule has 46 heavy (non-hydrogen) atoms. The molecule has 6 rings (SSSR count). The molecule has 0 aliphatic carbocycles. The molecule has 1 fully saturated rings. The first kappa shape index (κ1) is 30.3. The summed E-state index contributed by atoms with van der Waals surface area (Å²) < 4.78 is 6.97. The number of benzene rings is 2. The number of ether oxygens (including phenoxy) is 1. The minimum atomic E-state index is -0.533. The Hall–Kier alpha value is -5.71. The number of amides is 2. The van der Waals surface area contributed by atoms with E-state index in [-0.39, 0.29) is 11.7 Å². The van der Waals surface area contributed by atoms with Crippen LogP contribution in [0.5, 0.6) is 0 Å². The molecule has 1 aliphatic rings. The van der Waals surface area contributed by atoms with E-state index < -0.39 is 17.1 Å². The van der Waals surface area contributed by atoms with Gasteiger partial charge in [-0.3, -0.25) is 19.1 Å². The summed E-state index contributed by atoms with van der Waals surface area (Å²) in [7, 11) is 0. The van der Waals surface area contributed by atoms with Crippen molar-refractivity contribution in [3.63, 3.8) is 0 Å². The molecular formula is C35H35N7O4. The highest BCUT2D eigenvalue weighted by atomic mass is 16.6. The molecule has 0 unspecified atom stereocenters. The molecule has 11 nitrogen and oxygen atoms in total. The fourth-order valence-corrected chi connectivity index (χ4v) is 5.21. The molecule has 2 amide bonds. The predicted molar refractivity (Wildman–Crippen MR) is 179 cm³/mol. The summed E-state index contributed by atoms with van der Waals surface area (Å²) in [4.78, 5) is 51.5. The largest absolute Gasteiger partial charge is 0.444 e. The van der Waals surface area contributed by atoms with Crippen LogP contribution in [0.2, 0.25) is 0 Å². The minimum absolute atomic E-state index is 0.0486. The molecule has 1 saturated heterocycles. The van der Waals surface area contributed by atoms with E-state index in [0.29, 0.717) is 37.6 Å². The Morgan fingerprint density at radius 2 is 1.57 bits per heavy atom. The van der Waals surface area contributed by atoms with Crippen LogP contribution in [-0.2, 0) is 4.74 Å². The van der Waals surface area contributed by atoms with Gasteiger partial charge in [0, 0.05) is 66.7 Å². The lowest BCUT2D eigenvalue weighted by molar-refractivity contribution is 0.0240. The lowest BCUT2D eigenvalue weighted by atomic mass is 10.2. The Balaban J connectivity index is 1.13. The van der Waals surface area contributed by atoms with E-state index in [9.17, 15) is 14.4 Å². The van der Waals surface area contributed by atoms with Crippen molar-refractivity contribution < 1.29 is 14.3 Å². The van der Waals surface area contributed by atoms with Gasteiger partial charge in [0.2, 0.25) is 0 Å². The fourth-order valence-electron chi connectivity index (χ4n) is 5.21. The maximum absolute atomic E-state index is 13.0. The van der Waals surface area contributed by atoms with Gasteiger partial charge in [0.05, 0.1) is 11.7 Å². The van der Waals surface area contributed by atoms with E-state index in [1.54, 1.807) is 41.7 Å². The molecule has 0 atom stereocenters. The molecule has 0 saturated carbocycles. The fraction of sp³-hybridized carbons (Fsp3) is 0.229. The molecule has 3 aromatic heterocycles. The van der Waals surface area contributed by atoms with Crippen LogP contribution in [0.3, 0.4) is 0 Å². The standard InChI is InChI=1S/C35H35N7O4/c1-35(2,3)46-34(45)41-20-18-40(19-21-41)31-22-28-29(15-16-36-30(28)23-37-31)38-24-11-13-25(14-12-24)39-32(43)27-10-7-17-42(33(27)44)26-8-5-4-6-9-26/h4-17,22-23H,18-21H2,1-3H3,(H,36,38)(H,39,43). The van der Waals surface area contributed by atoms with E-state index in [1.807, 2.05) is 75.4 Å². The molecule has 0 radical (unpaired) electrons. The van der Waals surface area contributed by atoms with E-state index in [2.05, 4.69) is 25.5 Å². The van der Waals surface area contributed by atoms with Gasteiger partial charge >= 0.3 is 6.09 Å². The first-order valence-electron chi connectivity index (χ1n) is 15.1. The molecule has 4 heterocycles. The number of pyridine rings is 3. The summed E-state index contributed by atoms with van der Waals surface area (Å²) in [5, 5.41) is 7.17. The number of aromatic nitrogens is 3. The van der Waals surface area contributed by atoms with Gasteiger partial charge in [-0.25, -0.2) is 9.78 Å². The molecular weight excluding hydrogens is 582 g/mol. The first-order chi connectivity index (χ1) is 22.1. The second-order valence-electron chi connectivity index (χ2n) is 12.0. The van der Waals surface area contributed by atoms with Gasteiger partial charge in [0.25, 0.3) is 11.5 Å². The molecule has 11 heteroatoms. The van der Waals surface area contributed by atoms with E-state index in [0.717, 1.165) is 28.1 Å². The maximum atomic E-state index is 13.0. The van der Waals surface area contributed by atoms with Crippen LogP contribution in [-0.4, -0.2) is 63.2 Å². The van der Waals surface area contributed by atoms with Crippen molar-refractivity contribution in [1.82, 2.24) is 19.4 Å². The number of hydrogen-bond acceptors (Lipinski definition) is 8. The van der Waals surface area contributed by atoms with Gasteiger partial charge in [-0.05, 0) is 81.4 Å². The Morgan fingerprint density at radius 1 is 0.848 bits per heavy atom. The zero-order chi connectivity index (χ0) is 32.3. The van der Waals surface area contributed by atoms with Crippen LogP contribution in [0.15, 0.2) is 102 Å². The highest BCUT2D eigenvalue weighted by Gasteiger charge is 2.26. The number of hydrogen-bond donors (Lipinski definition) is 2. The number of nitrogens with one attached hydrogen (secondary N) is 2. The number of fused-ring (bicyclic) bond motifs is 1. The van der Waals surface area contributed by atoms with Gasteiger partial charge in [0.1, 0.15) is 17.0 Å². The van der Waals surface area contributed by atoms with Crippen molar-refractivity contribution in [1.29, 1.82) is 0 Å². The summed E-state index contributed by atoms with van der Waals surface area (Å²) in [6.07, 6.45) is 4.82. The predicted octanol–water partition coefficient (Wildman–Crippen LogP) is 5.83.